The van der Waals surface area contributed by atoms with Crippen molar-refractivity contribution in [2.24, 2.45) is 0 Å². The summed E-state index contributed by atoms with van der Waals surface area (Å²) in [6, 6.07) is 19.5. The van der Waals surface area contributed by atoms with Gasteiger partial charge in [0.15, 0.2) is 5.76 Å². The molecule has 3 aromatic rings. The maximum Gasteiger partial charge on any atom is 0.337 e. The molecule has 1 aliphatic rings. The maximum atomic E-state index is 13.6. The first-order valence-corrected chi connectivity index (χ1v) is 12.1. The van der Waals surface area contributed by atoms with Gasteiger partial charge in [-0.05, 0) is 47.5 Å². The lowest BCUT2D eigenvalue weighted by Crippen LogP contribution is -2.30. The molecule has 9 heteroatoms. The van der Waals surface area contributed by atoms with Gasteiger partial charge in [0.2, 0.25) is 9.84 Å². The van der Waals surface area contributed by atoms with Gasteiger partial charge in [0, 0.05) is 6.54 Å². The Labute approximate surface area is 202 Å². The van der Waals surface area contributed by atoms with Crippen molar-refractivity contribution in [1.82, 2.24) is 4.90 Å². The third-order valence-electron chi connectivity index (χ3n) is 5.76. The summed E-state index contributed by atoms with van der Waals surface area (Å²) in [6.45, 7) is 0.0319. The Balaban J connectivity index is 1.82. The van der Waals surface area contributed by atoms with E-state index in [4.69, 9.17) is 9.47 Å². The van der Waals surface area contributed by atoms with Crippen LogP contribution in [0.25, 0.3) is 0 Å². The smallest absolute Gasteiger partial charge is 0.337 e. The molecule has 0 bridgehead atoms. The Kier molecular flexibility index (Phi) is 6.61. The number of nitrogens with zero attached hydrogens (tertiary/aromatic N) is 1. The molecule has 8 nitrogen and oxygen atoms in total. The number of aliphatic hydroxyl groups is 1. The van der Waals surface area contributed by atoms with E-state index in [1.54, 1.807) is 54.6 Å². The minimum Gasteiger partial charge on any atom is -0.502 e. The predicted octanol–water partition coefficient (Wildman–Crippen LogP) is 3.81. The average Bonchev–Trinajstić information content (AvgIpc) is 3.14. The predicted molar refractivity (Wildman–Crippen MR) is 127 cm³/mol. The molecule has 1 aliphatic heterocycles. The molecular weight excluding hydrogens is 470 g/mol. The van der Waals surface area contributed by atoms with Crippen LogP contribution >= 0.6 is 0 Å². The molecule has 0 aliphatic carbocycles. The molecular formula is C26H23NO7S. The fraction of sp³-hybridized carbons (Fsp3) is 0.154. The van der Waals surface area contributed by atoms with Crippen molar-refractivity contribution in [2.75, 3.05) is 14.2 Å². The Bertz CT molecular complexity index is 1380. The van der Waals surface area contributed by atoms with E-state index in [2.05, 4.69) is 0 Å². The molecule has 4 rings (SSSR count). The van der Waals surface area contributed by atoms with Crippen LogP contribution in [0.5, 0.6) is 5.75 Å². The van der Waals surface area contributed by atoms with Gasteiger partial charge in [0.25, 0.3) is 5.91 Å². The summed E-state index contributed by atoms with van der Waals surface area (Å²) >= 11 is 0. The third-order valence-corrected chi connectivity index (χ3v) is 7.65. The van der Waals surface area contributed by atoms with E-state index in [0.717, 1.165) is 0 Å². The highest BCUT2D eigenvalue weighted by molar-refractivity contribution is 7.95. The van der Waals surface area contributed by atoms with Gasteiger partial charge in [0.1, 0.15) is 10.7 Å². The maximum absolute atomic E-state index is 13.6. The van der Waals surface area contributed by atoms with E-state index in [0.29, 0.717) is 16.9 Å². The molecule has 1 heterocycles. The van der Waals surface area contributed by atoms with Crippen molar-refractivity contribution in [1.29, 1.82) is 0 Å². The van der Waals surface area contributed by atoms with Crippen molar-refractivity contribution in [3.63, 3.8) is 0 Å². The minimum atomic E-state index is -4.23. The largest absolute Gasteiger partial charge is 0.502 e. The zero-order chi connectivity index (χ0) is 25.2. The highest BCUT2D eigenvalue weighted by atomic mass is 32.2. The van der Waals surface area contributed by atoms with Gasteiger partial charge in [-0.3, -0.25) is 4.79 Å². The van der Waals surface area contributed by atoms with Crippen LogP contribution in [0.2, 0.25) is 0 Å². The number of hydrogen-bond donors (Lipinski definition) is 1. The summed E-state index contributed by atoms with van der Waals surface area (Å²) in [5.74, 6) is -1.56. The van der Waals surface area contributed by atoms with E-state index in [9.17, 15) is 23.1 Å². The van der Waals surface area contributed by atoms with Crippen molar-refractivity contribution < 1.29 is 32.6 Å². The van der Waals surface area contributed by atoms with Crippen LogP contribution in [0, 0.1) is 0 Å². The number of carbonyl (C=O) groups is 2. The summed E-state index contributed by atoms with van der Waals surface area (Å²) in [4.78, 5) is 25.9. The van der Waals surface area contributed by atoms with Crippen LogP contribution in [0.1, 0.15) is 27.5 Å². The number of rotatable bonds is 7. The van der Waals surface area contributed by atoms with Crippen LogP contribution in [0.3, 0.4) is 0 Å². The highest BCUT2D eigenvalue weighted by Gasteiger charge is 2.46. The number of methoxy groups -OCH3 is 2. The van der Waals surface area contributed by atoms with Crippen molar-refractivity contribution in [3.05, 3.63) is 106 Å². The Morgan fingerprint density at radius 2 is 1.57 bits per heavy atom. The molecule has 0 radical (unpaired) electrons. The van der Waals surface area contributed by atoms with Gasteiger partial charge in [-0.1, -0.05) is 42.5 Å². The number of hydrogen-bond acceptors (Lipinski definition) is 7. The molecule has 1 amide bonds. The summed E-state index contributed by atoms with van der Waals surface area (Å²) in [7, 11) is -1.43. The lowest BCUT2D eigenvalue weighted by atomic mass is 10.0. The molecule has 0 aromatic heterocycles. The Morgan fingerprint density at radius 3 is 2.14 bits per heavy atom. The number of esters is 1. The van der Waals surface area contributed by atoms with Crippen LogP contribution in [0.4, 0.5) is 0 Å². The Morgan fingerprint density at radius 1 is 0.943 bits per heavy atom. The molecule has 0 fully saturated rings. The molecule has 3 aromatic carbocycles. The number of aliphatic hydroxyl groups excluding tert-OH is 1. The first kappa shape index (κ1) is 24.0. The van der Waals surface area contributed by atoms with Gasteiger partial charge in [-0.2, -0.15) is 0 Å². The monoisotopic (exact) mass is 493 g/mol. The second-order valence-corrected chi connectivity index (χ2v) is 9.74. The molecule has 0 spiro atoms. The minimum absolute atomic E-state index is 0.0319. The van der Waals surface area contributed by atoms with E-state index in [1.165, 1.54) is 43.4 Å². The molecule has 1 atom stereocenters. The van der Waals surface area contributed by atoms with Gasteiger partial charge in [-0.25, -0.2) is 13.2 Å². The molecule has 1 N–H and O–H groups in total. The van der Waals surface area contributed by atoms with Crippen LogP contribution in [0.15, 0.2) is 94.4 Å². The Hall–Kier alpha value is -4.11. The normalized spacial score (nSPS) is 15.9. The van der Waals surface area contributed by atoms with Crippen LogP contribution in [-0.4, -0.2) is 44.5 Å². The number of ether oxygens (including phenoxy) is 2. The van der Waals surface area contributed by atoms with Gasteiger partial charge in [-0.15, -0.1) is 0 Å². The average molecular weight is 494 g/mol. The van der Waals surface area contributed by atoms with E-state index in [-0.39, 0.29) is 17.0 Å². The molecule has 35 heavy (non-hydrogen) atoms. The second kappa shape index (κ2) is 9.63. The summed E-state index contributed by atoms with van der Waals surface area (Å²) in [6.07, 6.45) is 0. The van der Waals surface area contributed by atoms with Gasteiger partial charge in [0.05, 0.1) is 30.7 Å². The van der Waals surface area contributed by atoms with E-state index in [1.807, 2.05) is 0 Å². The number of amides is 1. The van der Waals surface area contributed by atoms with Gasteiger partial charge < -0.3 is 19.5 Å². The lowest BCUT2D eigenvalue weighted by molar-refractivity contribution is -0.130. The van der Waals surface area contributed by atoms with Crippen molar-refractivity contribution in [3.8, 4) is 5.75 Å². The zero-order valence-corrected chi connectivity index (χ0v) is 19.9. The topological polar surface area (TPSA) is 110 Å². The van der Waals surface area contributed by atoms with Crippen LogP contribution < -0.4 is 4.74 Å². The quantitative estimate of drug-likeness (QED) is 0.499. The molecule has 0 saturated carbocycles. The lowest BCUT2D eigenvalue weighted by Gasteiger charge is -2.27. The van der Waals surface area contributed by atoms with E-state index < -0.39 is 38.4 Å². The van der Waals surface area contributed by atoms with Gasteiger partial charge >= 0.3 is 5.97 Å². The fourth-order valence-electron chi connectivity index (χ4n) is 3.97. The van der Waals surface area contributed by atoms with E-state index >= 15 is 0 Å². The number of carbonyl (C=O) groups excluding carboxylic acids is 2. The second-order valence-electron chi connectivity index (χ2n) is 7.83. The standard InChI is InChI=1S/C26H23NO7S/c1-33-20-14-8-17(9-15-20)16-27-22(18-10-12-19(13-11-18)26(30)34-2)24(23(28)25(27)29)35(31,32)21-6-4-3-5-7-21/h3-15,22,28H,16H2,1-2H3. The summed E-state index contributed by atoms with van der Waals surface area (Å²) < 4.78 is 37.1. The summed E-state index contributed by atoms with van der Waals surface area (Å²) in [5.41, 5.74) is 1.39. The first-order chi connectivity index (χ1) is 16.8. The molecule has 0 saturated heterocycles. The molecule has 1 unspecified atom stereocenters. The zero-order valence-electron chi connectivity index (χ0n) is 19.0. The number of benzene rings is 3. The fourth-order valence-corrected chi connectivity index (χ4v) is 5.64. The third kappa shape index (κ3) is 4.50. The van der Waals surface area contributed by atoms with Crippen molar-refractivity contribution >= 4 is 21.7 Å². The highest BCUT2D eigenvalue weighted by Crippen LogP contribution is 2.43. The van der Waals surface area contributed by atoms with Crippen LogP contribution in [-0.2, 0) is 25.9 Å². The van der Waals surface area contributed by atoms with Crippen molar-refractivity contribution in [2.45, 2.75) is 17.5 Å². The summed E-state index contributed by atoms with van der Waals surface area (Å²) in [5, 5.41) is 10.8. The first-order valence-electron chi connectivity index (χ1n) is 10.6. The molecule has 180 valence electrons. The number of sulfone groups is 1. The SMILES string of the molecule is COC(=O)c1ccc(C2C(S(=O)(=O)c3ccccc3)=C(O)C(=O)N2Cc2ccc(OC)cc2)cc1.